The van der Waals surface area contributed by atoms with Gasteiger partial charge in [0.2, 0.25) is 0 Å². The van der Waals surface area contributed by atoms with Crippen LogP contribution in [0.15, 0.2) is 53.4 Å². The third kappa shape index (κ3) is 2.90. The Morgan fingerprint density at radius 2 is 1.79 bits per heavy atom. The first-order chi connectivity index (χ1) is 9.33. The number of fused-ring (bicyclic) bond motifs is 1. The van der Waals surface area contributed by atoms with Crippen LogP contribution in [0.2, 0.25) is 0 Å². The molecule has 1 aliphatic carbocycles. The molecular weight excluding hydrogens is 252 g/mol. The molecule has 0 heterocycles. The maximum Gasteiger partial charge on any atom is 0.173 e. The topological polar surface area (TPSA) is 17.1 Å². The molecule has 2 aromatic carbocycles. The molecule has 0 fully saturated rings. The molecule has 1 aliphatic rings. The monoisotopic (exact) mass is 268 g/mol. The summed E-state index contributed by atoms with van der Waals surface area (Å²) in [6.45, 7) is 0. The van der Waals surface area contributed by atoms with E-state index in [1.807, 2.05) is 30.3 Å². The highest BCUT2D eigenvalue weighted by atomic mass is 32.2. The molecule has 1 nitrogen and oxygen atoms in total. The highest BCUT2D eigenvalue weighted by Crippen LogP contribution is 2.27. The van der Waals surface area contributed by atoms with Crippen LogP contribution in [0.4, 0.5) is 0 Å². The Kier molecular flexibility index (Phi) is 3.69. The number of ketones is 1. The molecule has 0 spiro atoms. The van der Waals surface area contributed by atoms with Crippen LogP contribution in [0.1, 0.15) is 27.9 Å². The van der Waals surface area contributed by atoms with Crippen molar-refractivity contribution in [2.45, 2.75) is 24.2 Å². The largest absolute Gasteiger partial charge is 0.293 e. The van der Waals surface area contributed by atoms with Gasteiger partial charge in [-0.25, -0.2) is 0 Å². The molecule has 3 rings (SSSR count). The average Bonchev–Trinajstić information content (AvgIpc) is 2.93. The van der Waals surface area contributed by atoms with E-state index in [4.69, 9.17) is 0 Å². The van der Waals surface area contributed by atoms with E-state index in [1.54, 1.807) is 11.8 Å². The Bertz CT molecular complexity index is 589. The normalized spacial score (nSPS) is 13.3. The molecule has 0 N–H and O–H groups in total. The van der Waals surface area contributed by atoms with Crippen molar-refractivity contribution < 1.29 is 4.79 Å². The van der Waals surface area contributed by atoms with E-state index in [-0.39, 0.29) is 5.78 Å². The third-order valence-corrected chi connectivity index (χ3v) is 4.53. The van der Waals surface area contributed by atoms with E-state index in [2.05, 4.69) is 18.2 Å². The van der Waals surface area contributed by atoms with E-state index in [0.29, 0.717) is 5.75 Å². The lowest BCUT2D eigenvalue weighted by molar-refractivity contribution is 0.102. The minimum absolute atomic E-state index is 0.200. The van der Waals surface area contributed by atoms with Crippen molar-refractivity contribution in [2.24, 2.45) is 0 Å². The molecule has 0 atom stereocenters. The molecular formula is C17H16OS. The van der Waals surface area contributed by atoms with Crippen molar-refractivity contribution in [1.82, 2.24) is 0 Å². The highest BCUT2D eigenvalue weighted by molar-refractivity contribution is 8.00. The smallest absolute Gasteiger partial charge is 0.173 e. The molecule has 0 aliphatic heterocycles. The SMILES string of the molecule is O=C(CSc1ccc2c(c1)CCC2)c1ccccc1. The fourth-order valence-electron chi connectivity index (χ4n) is 2.49. The fraction of sp³-hybridized carbons (Fsp3) is 0.235. The van der Waals surface area contributed by atoms with Gasteiger partial charge in [0, 0.05) is 10.5 Å². The maximum absolute atomic E-state index is 12.0. The molecule has 0 unspecified atom stereocenters. The van der Waals surface area contributed by atoms with Gasteiger partial charge in [-0.05, 0) is 42.5 Å². The van der Waals surface area contributed by atoms with Crippen LogP contribution < -0.4 is 0 Å². The lowest BCUT2D eigenvalue weighted by Crippen LogP contribution is -2.01. The van der Waals surface area contributed by atoms with Gasteiger partial charge in [-0.15, -0.1) is 11.8 Å². The van der Waals surface area contributed by atoms with Crippen LogP contribution in [0.5, 0.6) is 0 Å². The summed E-state index contributed by atoms with van der Waals surface area (Å²) in [5.74, 6) is 0.717. The average molecular weight is 268 g/mol. The highest BCUT2D eigenvalue weighted by Gasteiger charge is 2.12. The molecule has 0 aromatic heterocycles. The number of hydrogen-bond donors (Lipinski definition) is 0. The Labute approximate surface area is 118 Å². The van der Waals surface area contributed by atoms with Crippen LogP contribution in [-0.4, -0.2) is 11.5 Å². The van der Waals surface area contributed by atoms with Gasteiger partial charge in [0.1, 0.15) is 0 Å². The van der Waals surface area contributed by atoms with Crippen molar-refractivity contribution in [1.29, 1.82) is 0 Å². The first-order valence-electron chi connectivity index (χ1n) is 6.66. The second kappa shape index (κ2) is 5.62. The summed E-state index contributed by atoms with van der Waals surface area (Å²) in [4.78, 5) is 13.2. The first-order valence-corrected chi connectivity index (χ1v) is 7.64. The van der Waals surface area contributed by atoms with Gasteiger partial charge in [-0.2, -0.15) is 0 Å². The van der Waals surface area contributed by atoms with Crippen molar-refractivity contribution in [3.63, 3.8) is 0 Å². The van der Waals surface area contributed by atoms with Crippen LogP contribution >= 0.6 is 11.8 Å². The lowest BCUT2D eigenvalue weighted by Gasteiger charge is -2.04. The van der Waals surface area contributed by atoms with Gasteiger partial charge < -0.3 is 0 Å². The van der Waals surface area contributed by atoms with Crippen LogP contribution in [0, 0.1) is 0 Å². The van der Waals surface area contributed by atoms with E-state index >= 15 is 0 Å². The molecule has 0 radical (unpaired) electrons. The fourth-order valence-corrected chi connectivity index (χ4v) is 3.35. The van der Waals surface area contributed by atoms with Crippen molar-refractivity contribution in [2.75, 3.05) is 5.75 Å². The Balaban J connectivity index is 1.65. The summed E-state index contributed by atoms with van der Waals surface area (Å²) in [5, 5.41) is 0. The lowest BCUT2D eigenvalue weighted by atomic mass is 10.1. The summed E-state index contributed by atoms with van der Waals surface area (Å²) in [5.41, 5.74) is 3.76. The first kappa shape index (κ1) is 12.5. The molecule has 0 bridgehead atoms. The van der Waals surface area contributed by atoms with Crippen molar-refractivity contribution in [3.8, 4) is 0 Å². The van der Waals surface area contributed by atoms with Crippen LogP contribution in [-0.2, 0) is 12.8 Å². The van der Waals surface area contributed by atoms with Crippen LogP contribution in [0.3, 0.4) is 0 Å². The van der Waals surface area contributed by atoms with Crippen molar-refractivity contribution >= 4 is 17.5 Å². The quantitative estimate of drug-likeness (QED) is 0.612. The minimum Gasteiger partial charge on any atom is -0.293 e. The van der Waals surface area contributed by atoms with E-state index in [9.17, 15) is 4.79 Å². The molecule has 0 saturated carbocycles. The Morgan fingerprint density at radius 3 is 2.63 bits per heavy atom. The zero-order chi connectivity index (χ0) is 13.1. The van der Waals surface area contributed by atoms with Gasteiger partial charge in [-0.1, -0.05) is 36.4 Å². The molecule has 0 amide bonds. The Morgan fingerprint density at radius 1 is 1.00 bits per heavy atom. The number of carbonyl (C=O) groups is 1. The van der Waals surface area contributed by atoms with Crippen LogP contribution in [0.25, 0.3) is 0 Å². The zero-order valence-corrected chi connectivity index (χ0v) is 11.6. The summed E-state index contributed by atoms with van der Waals surface area (Å²) in [6.07, 6.45) is 3.67. The second-order valence-electron chi connectivity index (χ2n) is 4.86. The predicted octanol–water partition coefficient (Wildman–Crippen LogP) is 4.15. The summed E-state index contributed by atoms with van der Waals surface area (Å²) < 4.78 is 0. The van der Waals surface area contributed by atoms with E-state index in [1.165, 1.54) is 35.3 Å². The number of aryl methyl sites for hydroxylation is 2. The van der Waals surface area contributed by atoms with Gasteiger partial charge in [-0.3, -0.25) is 4.79 Å². The molecule has 2 aromatic rings. The van der Waals surface area contributed by atoms with Gasteiger partial charge >= 0.3 is 0 Å². The number of hydrogen-bond acceptors (Lipinski definition) is 2. The van der Waals surface area contributed by atoms with Gasteiger partial charge in [0.25, 0.3) is 0 Å². The predicted molar refractivity (Wildman–Crippen MR) is 80.0 cm³/mol. The summed E-state index contributed by atoms with van der Waals surface area (Å²) in [6, 6.07) is 16.1. The summed E-state index contributed by atoms with van der Waals surface area (Å²) in [7, 11) is 0. The standard InChI is InChI=1S/C17H16OS/c18-17(14-5-2-1-3-6-14)12-19-16-10-9-13-7-4-8-15(13)11-16/h1-3,5-6,9-11H,4,7-8,12H2. The van der Waals surface area contributed by atoms with Gasteiger partial charge in [0.05, 0.1) is 5.75 Å². The maximum atomic E-state index is 12.0. The van der Waals surface area contributed by atoms with Crippen molar-refractivity contribution in [3.05, 3.63) is 65.2 Å². The summed E-state index contributed by atoms with van der Waals surface area (Å²) >= 11 is 1.64. The number of rotatable bonds is 4. The minimum atomic E-state index is 0.200. The zero-order valence-electron chi connectivity index (χ0n) is 10.8. The van der Waals surface area contributed by atoms with E-state index in [0.717, 1.165) is 5.56 Å². The molecule has 0 saturated heterocycles. The number of benzene rings is 2. The number of carbonyl (C=O) groups excluding carboxylic acids is 1. The molecule has 2 heteroatoms. The second-order valence-corrected chi connectivity index (χ2v) is 5.91. The number of Topliss-reactive ketones (excluding diaryl/α,β-unsaturated/α-hetero) is 1. The van der Waals surface area contributed by atoms with Gasteiger partial charge in [0.15, 0.2) is 5.78 Å². The molecule has 19 heavy (non-hydrogen) atoms. The third-order valence-electron chi connectivity index (χ3n) is 3.54. The van der Waals surface area contributed by atoms with E-state index < -0.39 is 0 Å². The Hall–Kier alpha value is -1.54. The molecule has 96 valence electrons. The number of thioether (sulfide) groups is 1.